The Hall–Kier alpha value is -9.71. The van der Waals surface area contributed by atoms with Gasteiger partial charge < -0.3 is 0 Å². The molecule has 6 aliphatic rings. The fourth-order valence-electron chi connectivity index (χ4n) is 19.4. The van der Waals surface area contributed by atoms with Crippen LogP contribution in [0.5, 0.6) is 0 Å². The Morgan fingerprint density at radius 1 is 0.208 bits per heavy atom. The van der Waals surface area contributed by atoms with Gasteiger partial charge in [-0.15, -0.1) is 0 Å². The van der Waals surface area contributed by atoms with E-state index in [4.69, 9.17) is 0 Å². The average Bonchev–Trinajstić information content (AvgIpc) is 1.62. The molecular formula is C115H151N5. The molecule has 5 heterocycles. The molecule has 12 aromatic rings. The van der Waals surface area contributed by atoms with Gasteiger partial charge in [0, 0.05) is 91.9 Å². The molecule has 0 fully saturated rings. The lowest BCUT2D eigenvalue weighted by atomic mass is 9.79. The highest BCUT2D eigenvalue weighted by molar-refractivity contribution is 5.85. The first kappa shape index (κ1) is 97.4. The van der Waals surface area contributed by atoms with Gasteiger partial charge in [-0.3, -0.25) is 24.9 Å². The standard InChI is InChI=1S/C18H20.5C17H19N.6C2H6/c1-12-9-10-15-14-8-6-5-7-13(14)11-16(15)17(12)18(2,3)4;1-11-5-6-14-13-7-8-18-10-12(13)9-15(14)16(11)17(2,3)4;1-11-5-6-13-9-12-7-8-18-10-14(12)15(13)16(11)17(2,3)4;1-11-5-6-12-9-13-10-18-8-7-14(13)15(12)16(11)17(2,3)4;1-11-7-8-12-13-6-5-9-18-15(13)10-14(12)16(11)17(2,3)4;1-11-7-8-12-10-13-6-5-9-18-16(13)14(12)15(11)17(2,3)4;6*1-2/h5-10H,11H2,1-4H3;3*5-8,10H,9H2,1-4H3;2*5-9H,10H2,1-4H3;6*1-2H3. The van der Waals surface area contributed by atoms with Gasteiger partial charge in [0.1, 0.15) is 0 Å². The second-order valence-electron chi connectivity index (χ2n) is 37.6. The fourth-order valence-corrected chi connectivity index (χ4v) is 19.4. The number of rotatable bonds is 0. The lowest BCUT2D eigenvalue weighted by Gasteiger charge is -2.25. The molecule has 0 saturated heterocycles. The Bertz CT molecular complexity index is 4920. The predicted molar refractivity (Wildman–Crippen MR) is 526 cm³/mol. The van der Waals surface area contributed by atoms with Crippen molar-refractivity contribution in [3.05, 3.63) is 323 Å². The smallest absolute Gasteiger partial charge is 0.0743 e. The fraction of sp³-hybridized carbons (Fsp3) is 0.417. The van der Waals surface area contributed by atoms with Gasteiger partial charge >= 0.3 is 0 Å². The van der Waals surface area contributed by atoms with Crippen LogP contribution in [0.3, 0.4) is 0 Å². The summed E-state index contributed by atoms with van der Waals surface area (Å²) in [5.74, 6) is 0. The van der Waals surface area contributed by atoms with Crippen molar-refractivity contribution >= 4 is 0 Å². The average molecular weight is 1600 g/mol. The first-order chi connectivity index (χ1) is 56.9. The van der Waals surface area contributed by atoms with Crippen LogP contribution in [0.25, 0.3) is 66.9 Å². The highest BCUT2D eigenvalue weighted by atomic mass is 14.7. The molecule has 5 nitrogen and oxygen atoms in total. The molecule has 6 aliphatic carbocycles. The lowest BCUT2D eigenvalue weighted by Crippen LogP contribution is -2.16. The summed E-state index contributed by atoms with van der Waals surface area (Å²) < 4.78 is 0. The Kier molecular flexibility index (Phi) is 33.5. The van der Waals surface area contributed by atoms with E-state index in [0.717, 1.165) is 38.5 Å². The lowest BCUT2D eigenvalue weighted by molar-refractivity contribution is 0.580. The van der Waals surface area contributed by atoms with E-state index in [1.807, 2.05) is 145 Å². The summed E-state index contributed by atoms with van der Waals surface area (Å²) in [6.07, 6.45) is 21.8. The van der Waals surface area contributed by atoms with Gasteiger partial charge in [-0.1, -0.05) is 317 Å². The van der Waals surface area contributed by atoms with Gasteiger partial charge in [0.05, 0.1) is 11.4 Å². The molecule has 7 aromatic carbocycles. The third kappa shape index (κ3) is 21.2. The van der Waals surface area contributed by atoms with E-state index in [2.05, 4.69) is 318 Å². The number of hydrogen-bond acceptors (Lipinski definition) is 5. The molecule has 5 heteroatoms. The summed E-state index contributed by atoms with van der Waals surface area (Å²) in [6.45, 7) is 78.7. The second-order valence-corrected chi connectivity index (χ2v) is 37.6. The van der Waals surface area contributed by atoms with Gasteiger partial charge in [-0.2, -0.15) is 0 Å². The summed E-state index contributed by atoms with van der Waals surface area (Å²) in [5.41, 5.74) is 52.1. The Morgan fingerprint density at radius 3 is 0.992 bits per heavy atom. The highest BCUT2D eigenvalue weighted by Crippen LogP contribution is 2.50. The zero-order valence-corrected chi connectivity index (χ0v) is 81.4. The maximum Gasteiger partial charge on any atom is 0.0743 e. The number of hydrogen-bond donors (Lipinski definition) is 0. The zero-order valence-electron chi connectivity index (χ0n) is 81.4. The number of pyridine rings is 5. The van der Waals surface area contributed by atoms with E-state index >= 15 is 0 Å². The monoisotopic (exact) mass is 1600 g/mol. The van der Waals surface area contributed by atoms with Crippen LogP contribution >= 0.6 is 0 Å². The van der Waals surface area contributed by atoms with Gasteiger partial charge in [-0.05, 0) is 290 Å². The minimum atomic E-state index is 0.161. The topological polar surface area (TPSA) is 64.5 Å². The van der Waals surface area contributed by atoms with E-state index in [1.54, 1.807) is 5.56 Å². The van der Waals surface area contributed by atoms with Crippen LogP contribution in [-0.4, -0.2) is 24.9 Å². The predicted octanol–water partition coefficient (Wildman–Crippen LogP) is 32.3. The number of fused-ring (bicyclic) bond motifs is 18. The number of nitrogens with zero attached hydrogens (tertiary/aromatic N) is 5. The summed E-state index contributed by atoms with van der Waals surface area (Å²) in [5, 5.41) is 0. The van der Waals surface area contributed by atoms with Crippen molar-refractivity contribution < 1.29 is 0 Å². The minimum absolute atomic E-state index is 0.161. The third-order valence-electron chi connectivity index (χ3n) is 22.9. The van der Waals surface area contributed by atoms with Crippen LogP contribution in [0, 0.1) is 41.5 Å². The van der Waals surface area contributed by atoms with Gasteiger partial charge in [0.15, 0.2) is 0 Å². The molecule has 0 unspecified atom stereocenters. The van der Waals surface area contributed by atoms with E-state index in [-0.39, 0.29) is 32.5 Å². The molecule has 0 aliphatic heterocycles. The van der Waals surface area contributed by atoms with Crippen molar-refractivity contribution in [3.8, 4) is 66.9 Å². The summed E-state index contributed by atoms with van der Waals surface area (Å²) in [4.78, 5) is 22.0. The molecule has 0 spiro atoms. The van der Waals surface area contributed by atoms with Crippen molar-refractivity contribution in [1.82, 2.24) is 24.9 Å². The summed E-state index contributed by atoms with van der Waals surface area (Å²) >= 11 is 0. The largest absolute Gasteiger partial charge is 0.264 e. The van der Waals surface area contributed by atoms with Gasteiger partial charge in [0.25, 0.3) is 0 Å². The van der Waals surface area contributed by atoms with Crippen LogP contribution in [0.4, 0.5) is 0 Å². The van der Waals surface area contributed by atoms with Crippen LogP contribution in [0.1, 0.15) is 341 Å². The second kappa shape index (κ2) is 41.2. The molecule has 0 amide bonds. The highest BCUT2D eigenvalue weighted by Gasteiger charge is 2.35. The van der Waals surface area contributed by atoms with Crippen molar-refractivity contribution in [2.45, 2.75) is 320 Å². The summed E-state index contributed by atoms with van der Waals surface area (Å²) in [7, 11) is 0. The molecule has 0 bridgehead atoms. The van der Waals surface area contributed by atoms with Gasteiger partial charge in [0.2, 0.25) is 0 Å². The van der Waals surface area contributed by atoms with E-state index in [0.29, 0.717) is 0 Å². The zero-order chi connectivity index (χ0) is 89.5. The number of benzene rings is 7. The quantitative estimate of drug-likeness (QED) is 0.151. The summed E-state index contributed by atoms with van der Waals surface area (Å²) in [6, 6.07) is 50.9. The van der Waals surface area contributed by atoms with Crippen molar-refractivity contribution in [2.75, 3.05) is 0 Å². The SMILES string of the molecule is CC.CC.CC.CC.CC.CC.Cc1ccc2c(c1C(C)(C)C)-c1ccncc1C2.Cc1ccc2c(c1C(C)(C)C)-c1cnccc1C2.Cc1ccc2c(c1C(C)(C)C)-c1ncccc1C2.Cc1ccc2c(c1C(C)(C)C)Cc1ccccc1-2.Cc1ccc2c(c1C(C)(C)C)Cc1cnccc1-2.Cc1ccc2c(c1C(C)(C)C)Cc1ncccc1-2. The Labute approximate surface area is 730 Å². The normalized spacial score (nSPS) is 12.3. The number of aromatic nitrogens is 5. The van der Waals surface area contributed by atoms with Crippen molar-refractivity contribution in [1.29, 1.82) is 0 Å². The maximum absolute atomic E-state index is 4.62. The van der Waals surface area contributed by atoms with Crippen LogP contribution in [-0.2, 0) is 71.0 Å². The molecule has 0 N–H and O–H groups in total. The molecular weight excluding hydrogens is 1450 g/mol. The molecule has 5 aromatic heterocycles. The Balaban J connectivity index is 0.000000193. The van der Waals surface area contributed by atoms with Crippen LogP contribution in [0.15, 0.2) is 189 Å². The van der Waals surface area contributed by atoms with Crippen molar-refractivity contribution in [2.24, 2.45) is 0 Å². The van der Waals surface area contributed by atoms with Crippen LogP contribution in [0.2, 0.25) is 0 Å². The molecule has 120 heavy (non-hydrogen) atoms. The van der Waals surface area contributed by atoms with E-state index in [1.165, 1.54) is 195 Å². The number of aryl methyl sites for hydroxylation is 6. The van der Waals surface area contributed by atoms with Crippen LogP contribution < -0.4 is 0 Å². The minimum Gasteiger partial charge on any atom is -0.264 e. The molecule has 18 rings (SSSR count). The third-order valence-corrected chi connectivity index (χ3v) is 22.9. The van der Waals surface area contributed by atoms with Gasteiger partial charge in [-0.25, -0.2) is 0 Å². The maximum atomic E-state index is 4.62. The van der Waals surface area contributed by atoms with E-state index < -0.39 is 0 Å². The first-order valence-electron chi connectivity index (χ1n) is 45.4. The first-order valence-corrected chi connectivity index (χ1v) is 45.4. The molecule has 0 radical (unpaired) electrons. The molecule has 636 valence electrons. The van der Waals surface area contributed by atoms with E-state index in [9.17, 15) is 0 Å². The molecule has 0 atom stereocenters. The Morgan fingerprint density at radius 2 is 0.517 bits per heavy atom. The van der Waals surface area contributed by atoms with Crippen molar-refractivity contribution in [3.63, 3.8) is 0 Å². The molecule has 0 saturated carbocycles.